The predicted molar refractivity (Wildman–Crippen MR) is 119 cm³/mol. The van der Waals surface area contributed by atoms with Crippen molar-refractivity contribution in [2.45, 2.75) is 90.7 Å². The third kappa shape index (κ3) is 7.53. The number of amides is 1. The van der Waals surface area contributed by atoms with Gasteiger partial charge in [-0.25, -0.2) is 4.79 Å². The van der Waals surface area contributed by atoms with Crippen molar-refractivity contribution in [1.29, 1.82) is 0 Å². The molecule has 0 aliphatic rings. The first-order chi connectivity index (χ1) is 13.6. The molecule has 0 fully saturated rings. The van der Waals surface area contributed by atoms with Crippen LogP contribution >= 0.6 is 0 Å². The Bertz CT molecular complexity index is 707. The van der Waals surface area contributed by atoms with Crippen molar-refractivity contribution in [1.82, 2.24) is 5.32 Å². The highest BCUT2D eigenvalue weighted by molar-refractivity contribution is 5.86. The lowest BCUT2D eigenvalue weighted by Gasteiger charge is -2.19. The van der Waals surface area contributed by atoms with Crippen LogP contribution in [-0.4, -0.2) is 12.2 Å². The van der Waals surface area contributed by atoms with Crippen LogP contribution in [0.5, 0.6) is 0 Å². The van der Waals surface area contributed by atoms with Gasteiger partial charge in [-0.1, -0.05) is 94.3 Å². The Labute approximate surface area is 170 Å². The number of rotatable bonds is 12. The van der Waals surface area contributed by atoms with Gasteiger partial charge in [0.25, 0.3) is 0 Å². The first-order valence-corrected chi connectivity index (χ1v) is 11.1. The minimum absolute atomic E-state index is 0.0418. The van der Waals surface area contributed by atoms with E-state index in [9.17, 15) is 4.79 Å². The molecule has 0 aromatic heterocycles. The monoisotopic (exact) mass is 383 g/mol. The van der Waals surface area contributed by atoms with Crippen molar-refractivity contribution >= 4 is 16.9 Å². The van der Waals surface area contributed by atoms with E-state index in [-0.39, 0.29) is 18.2 Å². The second-order valence-corrected chi connectivity index (χ2v) is 7.91. The molecule has 154 valence electrons. The summed E-state index contributed by atoms with van der Waals surface area (Å²) < 4.78 is 5.56. The van der Waals surface area contributed by atoms with E-state index in [1.165, 1.54) is 55.7 Å². The molecule has 0 saturated carbocycles. The van der Waals surface area contributed by atoms with E-state index in [2.05, 4.69) is 36.5 Å². The number of fused-ring (bicyclic) bond motifs is 1. The molecule has 1 N–H and O–H groups in total. The molecule has 2 aromatic rings. The molecule has 0 radical (unpaired) electrons. The second-order valence-electron chi connectivity index (χ2n) is 7.91. The van der Waals surface area contributed by atoms with Crippen LogP contribution in [0.2, 0.25) is 0 Å². The van der Waals surface area contributed by atoms with Crippen molar-refractivity contribution in [3.8, 4) is 0 Å². The number of unbranched alkanes of at least 4 members (excludes halogenated alkanes) is 7. The van der Waals surface area contributed by atoms with Gasteiger partial charge in [-0.2, -0.15) is 0 Å². The van der Waals surface area contributed by atoms with E-state index in [0.717, 1.165) is 18.4 Å². The molecule has 0 spiro atoms. The van der Waals surface area contributed by atoms with Crippen molar-refractivity contribution in [3.05, 3.63) is 48.0 Å². The molecule has 28 heavy (non-hydrogen) atoms. The van der Waals surface area contributed by atoms with E-state index in [1.54, 1.807) is 0 Å². The van der Waals surface area contributed by atoms with Gasteiger partial charge >= 0.3 is 6.09 Å². The molecular formula is C25H37NO2. The van der Waals surface area contributed by atoms with Gasteiger partial charge in [0.15, 0.2) is 0 Å². The zero-order chi connectivity index (χ0) is 20.2. The minimum atomic E-state index is -0.326. The SMILES string of the molecule is CCCCCCCCCCC(C)OC(=O)NC(C)c1cccc2ccccc12. The number of alkyl carbamates (subject to hydrolysis) is 1. The summed E-state index contributed by atoms with van der Waals surface area (Å²) in [6.07, 6.45) is 10.9. The molecule has 3 heteroatoms. The highest BCUT2D eigenvalue weighted by Gasteiger charge is 2.15. The van der Waals surface area contributed by atoms with Crippen molar-refractivity contribution in [2.24, 2.45) is 0 Å². The molecule has 2 aromatic carbocycles. The summed E-state index contributed by atoms with van der Waals surface area (Å²) in [6, 6.07) is 14.4. The molecule has 2 unspecified atom stereocenters. The van der Waals surface area contributed by atoms with Crippen LogP contribution in [0.4, 0.5) is 4.79 Å². The van der Waals surface area contributed by atoms with Gasteiger partial charge in [0.05, 0.1) is 6.04 Å². The summed E-state index contributed by atoms with van der Waals surface area (Å²) in [4.78, 5) is 12.3. The van der Waals surface area contributed by atoms with E-state index in [0.29, 0.717) is 0 Å². The standard InChI is InChI=1S/C25H37NO2/c1-4-5-6-7-8-9-10-11-15-20(2)28-25(27)26-21(3)23-19-14-17-22-16-12-13-18-24(22)23/h12-14,16-21H,4-11,15H2,1-3H3,(H,26,27). The number of carbonyl (C=O) groups excluding carboxylic acids is 1. The van der Waals surface area contributed by atoms with Gasteiger partial charge in [-0.15, -0.1) is 0 Å². The smallest absolute Gasteiger partial charge is 0.407 e. The molecule has 0 bridgehead atoms. The van der Waals surface area contributed by atoms with E-state index in [4.69, 9.17) is 4.74 Å². The van der Waals surface area contributed by atoms with Crippen molar-refractivity contribution < 1.29 is 9.53 Å². The Hall–Kier alpha value is -2.03. The van der Waals surface area contributed by atoms with Crippen LogP contribution in [0.1, 0.15) is 90.2 Å². The normalized spacial score (nSPS) is 13.2. The molecule has 0 heterocycles. The van der Waals surface area contributed by atoms with Gasteiger partial charge in [-0.3, -0.25) is 0 Å². The molecule has 1 amide bonds. The van der Waals surface area contributed by atoms with E-state index < -0.39 is 0 Å². The van der Waals surface area contributed by atoms with Crippen LogP contribution in [0.25, 0.3) is 10.8 Å². The lowest BCUT2D eigenvalue weighted by atomic mass is 10.00. The Kier molecular flexibility index (Phi) is 9.88. The van der Waals surface area contributed by atoms with Crippen LogP contribution < -0.4 is 5.32 Å². The van der Waals surface area contributed by atoms with Crippen molar-refractivity contribution in [2.75, 3.05) is 0 Å². The minimum Gasteiger partial charge on any atom is -0.447 e. The number of hydrogen-bond donors (Lipinski definition) is 1. The van der Waals surface area contributed by atoms with Crippen molar-refractivity contribution in [3.63, 3.8) is 0 Å². The molecule has 3 nitrogen and oxygen atoms in total. The average molecular weight is 384 g/mol. The van der Waals surface area contributed by atoms with Gasteiger partial charge in [-0.05, 0) is 43.0 Å². The number of benzene rings is 2. The topological polar surface area (TPSA) is 38.3 Å². The molecule has 2 rings (SSSR count). The number of nitrogens with one attached hydrogen (secondary N) is 1. The summed E-state index contributed by atoms with van der Waals surface area (Å²) in [5, 5.41) is 5.34. The summed E-state index contributed by atoms with van der Waals surface area (Å²) in [6.45, 7) is 6.25. The zero-order valence-corrected chi connectivity index (χ0v) is 17.9. The maximum atomic E-state index is 12.3. The van der Waals surface area contributed by atoms with E-state index in [1.807, 2.05) is 32.0 Å². The Balaban J connectivity index is 1.68. The Morgan fingerprint density at radius 3 is 2.29 bits per heavy atom. The fourth-order valence-corrected chi connectivity index (χ4v) is 3.72. The largest absolute Gasteiger partial charge is 0.447 e. The maximum Gasteiger partial charge on any atom is 0.407 e. The quantitative estimate of drug-likeness (QED) is 0.384. The van der Waals surface area contributed by atoms with Crippen LogP contribution in [0, 0.1) is 0 Å². The summed E-state index contributed by atoms with van der Waals surface area (Å²) in [5.74, 6) is 0. The summed E-state index contributed by atoms with van der Waals surface area (Å²) in [7, 11) is 0. The maximum absolute atomic E-state index is 12.3. The Morgan fingerprint density at radius 1 is 0.893 bits per heavy atom. The third-order valence-corrected chi connectivity index (χ3v) is 5.40. The molecular weight excluding hydrogens is 346 g/mol. The van der Waals surface area contributed by atoms with Crippen LogP contribution in [-0.2, 0) is 4.74 Å². The predicted octanol–water partition coefficient (Wildman–Crippen LogP) is 7.55. The Morgan fingerprint density at radius 2 is 1.54 bits per heavy atom. The van der Waals surface area contributed by atoms with Gasteiger partial charge in [0.2, 0.25) is 0 Å². The second kappa shape index (κ2) is 12.4. The third-order valence-electron chi connectivity index (χ3n) is 5.40. The molecule has 0 aliphatic carbocycles. The number of ether oxygens (including phenoxy) is 1. The fourth-order valence-electron chi connectivity index (χ4n) is 3.72. The number of hydrogen-bond acceptors (Lipinski definition) is 2. The zero-order valence-electron chi connectivity index (χ0n) is 17.9. The average Bonchev–Trinajstić information content (AvgIpc) is 2.69. The van der Waals surface area contributed by atoms with Gasteiger partial charge in [0, 0.05) is 0 Å². The van der Waals surface area contributed by atoms with Crippen LogP contribution in [0.3, 0.4) is 0 Å². The lowest BCUT2D eigenvalue weighted by molar-refractivity contribution is 0.0981. The first-order valence-electron chi connectivity index (χ1n) is 11.1. The lowest BCUT2D eigenvalue weighted by Crippen LogP contribution is -2.30. The van der Waals surface area contributed by atoms with Crippen LogP contribution in [0.15, 0.2) is 42.5 Å². The highest BCUT2D eigenvalue weighted by Crippen LogP contribution is 2.24. The summed E-state index contributed by atoms with van der Waals surface area (Å²) >= 11 is 0. The molecule has 0 saturated heterocycles. The van der Waals surface area contributed by atoms with Gasteiger partial charge < -0.3 is 10.1 Å². The summed E-state index contributed by atoms with van der Waals surface area (Å²) in [5.41, 5.74) is 1.12. The molecule has 0 aliphatic heterocycles. The highest BCUT2D eigenvalue weighted by atomic mass is 16.6. The first kappa shape index (κ1) is 22.3. The van der Waals surface area contributed by atoms with Gasteiger partial charge in [0.1, 0.15) is 6.10 Å². The van der Waals surface area contributed by atoms with E-state index >= 15 is 0 Å². The molecule has 2 atom stereocenters. The fraction of sp³-hybridized carbons (Fsp3) is 0.560. The number of carbonyl (C=O) groups is 1.